The van der Waals surface area contributed by atoms with Gasteiger partial charge in [0.15, 0.2) is 0 Å². The molecule has 94 valence electrons. The molecule has 5 heteroatoms. The van der Waals surface area contributed by atoms with Gasteiger partial charge in [-0.1, -0.05) is 12.8 Å². The van der Waals surface area contributed by atoms with Gasteiger partial charge in [0.1, 0.15) is 0 Å². The molecule has 1 unspecified atom stereocenters. The zero-order chi connectivity index (χ0) is 12.0. The maximum absolute atomic E-state index is 11.5. The number of carbonyl (C=O) groups excluding carboxylic acids is 1. The fraction of sp³-hybridized carbons (Fsp3) is 0.909. The first kappa shape index (κ1) is 13.4. The van der Waals surface area contributed by atoms with E-state index >= 15 is 0 Å². The molecule has 1 amide bonds. The van der Waals surface area contributed by atoms with E-state index in [1.165, 1.54) is 19.8 Å². The molecule has 0 spiro atoms. The van der Waals surface area contributed by atoms with Crippen LogP contribution in [0.3, 0.4) is 0 Å². The van der Waals surface area contributed by atoms with Crippen molar-refractivity contribution in [3.63, 3.8) is 0 Å². The van der Waals surface area contributed by atoms with Gasteiger partial charge in [0, 0.05) is 12.6 Å². The molecular formula is C11H22N2O3. The van der Waals surface area contributed by atoms with E-state index in [9.17, 15) is 9.90 Å². The number of rotatable bonds is 6. The lowest BCUT2D eigenvalue weighted by Crippen LogP contribution is -2.45. The molecule has 16 heavy (non-hydrogen) atoms. The third kappa shape index (κ3) is 4.92. The predicted octanol–water partition coefficient (Wildman–Crippen LogP) is -0.622. The number of hydrogen-bond acceptors (Lipinski definition) is 4. The minimum Gasteiger partial charge on any atom is -0.393 e. The standard InChI is InChI=1S/C11H22N2O3/c1-11(16,8-14)7-12-6-10(15)13-9-4-2-3-5-9/h9,12,14,16H,2-8H2,1H3,(H,13,15). The summed E-state index contributed by atoms with van der Waals surface area (Å²) in [6.07, 6.45) is 4.52. The van der Waals surface area contributed by atoms with Gasteiger partial charge in [0.2, 0.25) is 5.91 Å². The first-order valence-corrected chi connectivity index (χ1v) is 5.87. The average molecular weight is 230 g/mol. The van der Waals surface area contributed by atoms with Crippen LogP contribution in [-0.4, -0.2) is 47.5 Å². The van der Waals surface area contributed by atoms with Crippen molar-refractivity contribution in [3.8, 4) is 0 Å². The van der Waals surface area contributed by atoms with Crippen LogP contribution in [0.25, 0.3) is 0 Å². The van der Waals surface area contributed by atoms with Crippen molar-refractivity contribution in [1.29, 1.82) is 0 Å². The van der Waals surface area contributed by atoms with E-state index in [2.05, 4.69) is 10.6 Å². The molecular weight excluding hydrogens is 208 g/mol. The molecule has 0 bridgehead atoms. The van der Waals surface area contributed by atoms with Crippen LogP contribution in [0.4, 0.5) is 0 Å². The largest absolute Gasteiger partial charge is 0.393 e. The number of hydrogen-bond donors (Lipinski definition) is 4. The molecule has 4 N–H and O–H groups in total. The summed E-state index contributed by atoms with van der Waals surface area (Å²) in [6, 6.07) is 0.327. The van der Waals surface area contributed by atoms with E-state index in [4.69, 9.17) is 5.11 Å². The molecule has 1 fully saturated rings. The Hall–Kier alpha value is -0.650. The summed E-state index contributed by atoms with van der Waals surface area (Å²) in [6.45, 7) is 1.60. The highest BCUT2D eigenvalue weighted by Gasteiger charge is 2.20. The van der Waals surface area contributed by atoms with Gasteiger partial charge in [-0.15, -0.1) is 0 Å². The second kappa shape index (κ2) is 6.18. The highest BCUT2D eigenvalue weighted by Crippen LogP contribution is 2.17. The highest BCUT2D eigenvalue weighted by atomic mass is 16.3. The summed E-state index contributed by atoms with van der Waals surface area (Å²) in [7, 11) is 0. The Bertz CT molecular complexity index is 225. The summed E-state index contributed by atoms with van der Waals surface area (Å²) in [5.74, 6) is -0.0411. The van der Waals surface area contributed by atoms with Crippen LogP contribution in [-0.2, 0) is 4.79 Å². The smallest absolute Gasteiger partial charge is 0.234 e. The Labute approximate surface area is 96.2 Å². The summed E-state index contributed by atoms with van der Waals surface area (Å²) < 4.78 is 0. The summed E-state index contributed by atoms with van der Waals surface area (Å²) >= 11 is 0. The average Bonchev–Trinajstić information content (AvgIpc) is 2.70. The van der Waals surface area contributed by atoms with Crippen molar-refractivity contribution in [1.82, 2.24) is 10.6 Å². The second-order valence-electron chi connectivity index (χ2n) is 4.81. The lowest BCUT2D eigenvalue weighted by Gasteiger charge is -2.20. The van der Waals surface area contributed by atoms with Crippen LogP contribution >= 0.6 is 0 Å². The molecule has 0 aromatic rings. The minimum atomic E-state index is -1.16. The van der Waals surface area contributed by atoms with Crippen molar-refractivity contribution in [2.24, 2.45) is 0 Å². The Kier molecular flexibility index (Phi) is 5.18. The quantitative estimate of drug-likeness (QED) is 0.490. The van der Waals surface area contributed by atoms with Gasteiger partial charge in [0.25, 0.3) is 0 Å². The molecule has 1 rings (SSSR count). The monoisotopic (exact) mass is 230 g/mol. The fourth-order valence-electron chi connectivity index (χ4n) is 1.85. The van der Waals surface area contributed by atoms with Crippen molar-refractivity contribution < 1.29 is 15.0 Å². The zero-order valence-corrected chi connectivity index (χ0v) is 9.83. The van der Waals surface area contributed by atoms with Crippen LogP contribution in [0.1, 0.15) is 32.6 Å². The molecule has 5 nitrogen and oxygen atoms in total. The van der Waals surface area contributed by atoms with E-state index in [1.807, 2.05) is 0 Å². The SMILES string of the molecule is CC(O)(CO)CNCC(=O)NC1CCCC1. The van der Waals surface area contributed by atoms with E-state index in [0.717, 1.165) is 12.8 Å². The van der Waals surface area contributed by atoms with Gasteiger partial charge in [0.05, 0.1) is 18.8 Å². The van der Waals surface area contributed by atoms with Gasteiger partial charge in [-0.05, 0) is 19.8 Å². The van der Waals surface area contributed by atoms with Crippen molar-refractivity contribution in [3.05, 3.63) is 0 Å². The first-order valence-electron chi connectivity index (χ1n) is 5.87. The van der Waals surface area contributed by atoms with E-state index in [1.54, 1.807) is 0 Å². The molecule has 0 aromatic heterocycles. The lowest BCUT2D eigenvalue weighted by molar-refractivity contribution is -0.121. The number of aliphatic hydroxyl groups is 2. The van der Waals surface area contributed by atoms with Crippen LogP contribution in [0.5, 0.6) is 0 Å². The van der Waals surface area contributed by atoms with Crippen LogP contribution in [0, 0.1) is 0 Å². The maximum Gasteiger partial charge on any atom is 0.234 e. The van der Waals surface area contributed by atoms with E-state index < -0.39 is 5.60 Å². The molecule has 0 aliphatic heterocycles. The van der Waals surface area contributed by atoms with Gasteiger partial charge in [-0.3, -0.25) is 4.79 Å². The van der Waals surface area contributed by atoms with Gasteiger partial charge < -0.3 is 20.8 Å². The third-order valence-electron chi connectivity index (χ3n) is 2.85. The summed E-state index contributed by atoms with van der Waals surface area (Å²) in [5.41, 5.74) is -1.16. The molecule has 0 aromatic carbocycles. The van der Waals surface area contributed by atoms with Crippen LogP contribution < -0.4 is 10.6 Å². The topological polar surface area (TPSA) is 81.6 Å². The Morgan fingerprint density at radius 3 is 2.62 bits per heavy atom. The molecule has 1 aliphatic carbocycles. The fourth-order valence-corrected chi connectivity index (χ4v) is 1.85. The normalized spacial score (nSPS) is 20.7. The van der Waals surface area contributed by atoms with Crippen LogP contribution in [0.2, 0.25) is 0 Å². The molecule has 0 saturated heterocycles. The Balaban J connectivity index is 2.10. The summed E-state index contributed by atoms with van der Waals surface area (Å²) in [4.78, 5) is 11.5. The van der Waals surface area contributed by atoms with Crippen LogP contribution in [0.15, 0.2) is 0 Å². The molecule has 1 aliphatic rings. The van der Waals surface area contributed by atoms with Gasteiger partial charge in [-0.2, -0.15) is 0 Å². The Morgan fingerprint density at radius 1 is 1.44 bits per heavy atom. The van der Waals surface area contributed by atoms with Gasteiger partial charge in [-0.25, -0.2) is 0 Å². The van der Waals surface area contributed by atoms with E-state index in [0.29, 0.717) is 6.04 Å². The number of carbonyl (C=O) groups is 1. The Morgan fingerprint density at radius 2 is 2.06 bits per heavy atom. The maximum atomic E-state index is 11.5. The second-order valence-corrected chi connectivity index (χ2v) is 4.81. The van der Waals surface area contributed by atoms with Crippen molar-refractivity contribution in [2.75, 3.05) is 19.7 Å². The van der Waals surface area contributed by atoms with E-state index in [-0.39, 0.29) is 25.6 Å². The third-order valence-corrected chi connectivity index (χ3v) is 2.85. The van der Waals surface area contributed by atoms with Crippen molar-refractivity contribution in [2.45, 2.75) is 44.2 Å². The first-order chi connectivity index (χ1) is 7.53. The minimum absolute atomic E-state index is 0.0411. The number of aliphatic hydroxyl groups excluding tert-OH is 1. The molecule has 1 atom stereocenters. The lowest BCUT2D eigenvalue weighted by atomic mass is 10.1. The summed E-state index contributed by atoms with van der Waals surface area (Å²) in [5, 5.41) is 24.0. The number of nitrogens with one attached hydrogen (secondary N) is 2. The molecule has 0 heterocycles. The highest BCUT2D eigenvalue weighted by molar-refractivity contribution is 5.78. The predicted molar refractivity (Wildman–Crippen MR) is 61.0 cm³/mol. The molecule has 0 radical (unpaired) electrons. The zero-order valence-electron chi connectivity index (χ0n) is 9.83. The van der Waals surface area contributed by atoms with Gasteiger partial charge >= 0.3 is 0 Å². The molecule has 1 saturated carbocycles. The number of amides is 1. The van der Waals surface area contributed by atoms with Crippen molar-refractivity contribution >= 4 is 5.91 Å².